The Morgan fingerprint density at radius 2 is 1.74 bits per heavy atom. The summed E-state index contributed by atoms with van der Waals surface area (Å²) < 4.78 is 14.9. The molecule has 0 spiro atoms. The molecule has 0 bridgehead atoms. The topological polar surface area (TPSA) is 106 Å². The van der Waals surface area contributed by atoms with Crippen LogP contribution in [0.2, 0.25) is 0 Å². The zero-order valence-electron chi connectivity index (χ0n) is 11.7. The second-order valence-electron chi connectivity index (χ2n) is 4.86. The van der Waals surface area contributed by atoms with Gasteiger partial charge in [-0.2, -0.15) is 10.5 Å². The van der Waals surface area contributed by atoms with Crippen LogP contribution in [0.15, 0.2) is 41.2 Å². The number of rotatable bonds is 1. The Labute approximate surface area is 130 Å². The maximum atomic E-state index is 14.9. The maximum Gasteiger partial charge on any atom is 0.268 e. The van der Waals surface area contributed by atoms with E-state index in [1.807, 2.05) is 6.07 Å². The second kappa shape index (κ2) is 5.28. The molecule has 0 unspecified atom stereocenters. The van der Waals surface area contributed by atoms with Gasteiger partial charge >= 0.3 is 0 Å². The first-order valence-electron chi connectivity index (χ1n) is 6.62. The highest BCUT2D eigenvalue weighted by Crippen LogP contribution is 2.33. The Hall–Kier alpha value is -3.64. The lowest BCUT2D eigenvalue weighted by atomic mass is 9.94. The van der Waals surface area contributed by atoms with Gasteiger partial charge in [-0.15, -0.1) is 0 Å². The molecule has 2 aromatic carbocycles. The second-order valence-corrected chi connectivity index (χ2v) is 4.86. The molecule has 110 valence electrons. The predicted molar refractivity (Wildman–Crippen MR) is 83.8 cm³/mol. The minimum absolute atomic E-state index is 0.00500. The van der Waals surface area contributed by atoms with Crippen LogP contribution in [0.5, 0.6) is 0 Å². The molecule has 3 rings (SSSR count). The van der Waals surface area contributed by atoms with E-state index in [0.717, 1.165) is 0 Å². The van der Waals surface area contributed by atoms with Crippen LogP contribution in [-0.2, 0) is 0 Å². The quantitative estimate of drug-likeness (QED) is 0.720. The molecule has 1 heterocycles. The van der Waals surface area contributed by atoms with E-state index < -0.39 is 11.4 Å². The molecule has 0 aliphatic carbocycles. The van der Waals surface area contributed by atoms with Crippen molar-refractivity contribution in [3.63, 3.8) is 0 Å². The molecule has 6 heteroatoms. The number of aromatic amines is 1. The molecule has 0 amide bonds. The van der Waals surface area contributed by atoms with E-state index >= 15 is 0 Å². The number of hydrogen-bond acceptors (Lipinski definition) is 4. The Morgan fingerprint density at radius 3 is 2.43 bits per heavy atom. The minimum Gasteiger partial charge on any atom is -0.384 e. The van der Waals surface area contributed by atoms with Crippen molar-refractivity contribution in [2.75, 3.05) is 5.73 Å². The normalized spacial score (nSPS) is 10.2. The Bertz CT molecular complexity index is 1090. The van der Waals surface area contributed by atoms with E-state index in [2.05, 4.69) is 4.98 Å². The number of anilines is 1. The lowest BCUT2D eigenvalue weighted by molar-refractivity contribution is 0.643. The zero-order chi connectivity index (χ0) is 16.6. The van der Waals surface area contributed by atoms with Gasteiger partial charge in [0.1, 0.15) is 34.9 Å². The number of nitriles is 2. The highest BCUT2D eigenvalue weighted by molar-refractivity contribution is 5.91. The Kier molecular flexibility index (Phi) is 3.29. The third kappa shape index (κ3) is 2.10. The summed E-state index contributed by atoms with van der Waals surface area (Å²) in [6, 6.07) is 13.4. The summed E-state index contributed by atoms with van der Waals surface area (Å²) in [5.41, 5.74) is 4.33. The first kappa shape index (κ1) is 14.3. The van der Waals surface area contributed by atoms with Crippen LogP contribution in [0, 0.1) is 28.5 Å². The average molecular weight is 304 g/mol. The highest BCUT2D eigenvalue weighted by Gasteiger charge is 2.21. The molecule has 0 aliphatic rings. The minimum atomic E-state index is -0.758. The summed E-state index contributed by atoms with van der Waals surface area (Å²) in [4.78, 5) is 14.1. The van der Waals surface area contributed by atoms with Crippen molar-refractivity contribution in [1.29, 1.82) is 10.5 Å². The van der Waals surface area contributed by atoms with Crippen molar-refractivity contribution < 1.29 is 4.39 Å². The number of nitrogens with one attached hydrogen (secondary N) is 1. The van der Waals surface area contributed by atoms with Crippen LogP contribution < -0.4 is 11.3 Å². The van der Waals surface area contributed by atoms with Crippen LogP contribution in [0.4, 0.5) is 10.2 Å². The van der Waals surface area contributed by atoms with Crippen LogP contribution in [0.3, 0.4) is 0 Å². The van der Waals surface area contributed by atoms with Gasteiger partial charge in [0.05, 0.1) is 0 Å². The summed E-state index contributed by atoms with van der Waals surface area (Å²) in [6.07, 6.45) is 0. The van der Waals surface area contributed by atoms with Gasteiger partial charge in [-0.3, -0.25) is 4.79 Å². The number of nitrogen functional groups attached to an aromatic ring is 1. The number of fused-ring (bicyclic) bond motifs is 1. The fourth-order valence-corrected chi connectivity index (χ4v) is 2.54. The lowest BCUT2D eigenvalue weighted by Crippen LogP contribution is -2.16. The molecule has 0 radical (unpaired) electrons. The molecule has 0 atom stereocenters. The van der Waals surface area contributed by atoms with Gasteiger partial charge in [-0.25, -0.2) is 4.39 Å². The van der Waals surface area contributed by atoms with Gasteiger partial charge in [0.15, 0.2) is 0 Å². The smallest absolute Gasteiger partial charge is 0.268 e. The third-order valence-electron chi connectivity index (χ3n) is 3.60. The molecule has 0 saturated heterocycles. The van der Waals surface area contributed by atoms with Crippen LogP contribution in [0.1, 0.15) is 11.1 Å². The van der Waals surface area contributed by atoms with Gasteiger partial charge in [-0.05, 0) is 5.39 Å². The lowest BCUT2D eigenvalue weighted by Gasteiger charge is -2.11. The standard InChI is InChI=1S/C17H9FN4O/c18-15-10-4-2-1-3-9(10)5-6-11(15)14-12(7-19)16(21)22-17(23)13(14)8-20/h1-6H,(H3,21,22,23). The predicted octanol–water partition coefficient (Wildman–Crippen LogP) is 2.66. The largest absolute Gasteiger partial charge is 0.384 e. The maximum absolute atomic E-state index is 14.9. The monoisotopic (exact) mass is 304 g/mol. The van der Waals surface area contributed by atoms with E-state index in [0.29, 0.717) is 10.8 Å². The van der Waals surface area contributed by atoms with Gasteiger partial charge in [0, 0.05) is 16.5 Å². The molecule has 0 aliphatic heterocycles. The summed E-state index contributed by atoms with van der Waals surface area (Å²) in [5, 5.41) is 19.5. The fraction of sp³-hybridized carbons (Fsp3) is 0. The van der Waals surface area contributed by atoms with Crippen molar-refractivity contribution >= 4 is 16.6 Å². The summed E-state index contributed by atoms with van der Waals surface area (Å²) in [7, 11) is 0. The van der Waals surface area contributed by atoms with Crippen molar-refractivity contribution in [3.05, 3.63) is 63.7 Å². The number of aromatic nitrogens is 1. The van der Waals surface area contributed by atoms with E-state index in [-0.39, 0.29) is 28.1 Å². The molecule has 1 aromatic heterocycles. The molecule has 23 heavy (non-hydrogen) atoms. The highest BCUT2D eigenvalue weighted by atomic mass is 19.1. The molecule has 3 N–H and O–H groups in total. The number of halogens is 1. The van der Waals surface area contributed by atoms with Crippen molar-refractivity contribution in [2.24, 2.45) is 0 Å². The molecular weight excluding hydrogens is 295 g/mol. The number of hydrogen-bond donors (Lipinski definition) is 2. The Balaban J connectivity index is 2.50. The number of benzene rings is 2. The first-order valence-corrected chi connectivity index (χ1v) is 6.62. The number of H-pyrrole nitrogens is 1. The van der Waals surface area contributed by atoms with Crippen molar-refractivity contribution in [1.82, 2.24) is 4.98 Å². The average Bonchev–Trinajstić information content (AvgIpc) is 2.55. The molecule has 5 nitrogen and oxygen atoms in total. The summed E-state index contributed by atoms with van der Waals surface area (Å²) in [6.45, 7) is 0. The van der Waals surface area contributed by atoms with Crippen molar-refractivity contribution in [3.8, 4) is 23.3 Å². The van der Waals surface area contributed by atoms with Crippen LogP contribution in [0.25, 0.3) is 21.9 Å². The molecule has 3 aromatic rings. The number of pyridine rings is 1. The third-order valence-corrected chi connectivity index (χ3v) is 3.60. The number of nitrogens with two attached hydrogens (primary N) is 1. The zero-order valence-corrected chi connectivity index (χ0v) is 11.7. The number of nitrogens with zero attached hydrogens (tertiary/aromatic N) is 2. The molecule has 0 fully saturated rings. The first-order chi connectivity index (χ1) is 11.1. The van der Waals surface area contributed by atoms with E-state index in [1.165, 1.54) is 6.07 Å². The summed E-state index contributed by atoms with van der Waals surface area (Å²) in [5.74, 6) is -0.805. The molecular formula is C17H9FN4O. The van der Waals surface area contributed by atoms with Gasteiger partial charge in [-0.1, -0.05) is 36.4 Å². The van der Waals surface area contributed by atoms with E-state index in [1.54, 1.807) is 36.4 Å². The van der Waals surface area contributed by atoms with Crippen molar-refractivity contribution in [2.45, 2.75) is 0 Å². The van der Waals surface area contributed by atoms with E-state index in [9.17, 15) is 19.7 Å². The fourth-order valence-electron chi connectivity index (χ4n) is 2.54. The summed E-state index contributed by atoms with van der Waals surface area (Å²) >= 11 is 0. The van der Waals surface area contributed by atoms with Gasteiger partial charge in [0.25, 0.3) is 5.56 Å². The van der Waals surface area contributed by atoms with Gasteiger partial charge < -0.3 is 10.7 Å². The van der Waals surface area contributed by atoms with Gasteiger partial charge in [0.2, 0.25) is 0 Å². The van der Waals surface area contributed by atoms with E-state index in [4.69, 9.17) is 5.73 Å². The van der Waals surface area contributed by atoms with Crippen LogP contribution in [-0.4, -0.2) is 4.98 Å². The van der Waals surface area contributed by atoms with Crippen LogP contribution >= 0.6 is 0 Å². The molecule has 0 saturated carbocycles. The Morgan fingerprint density at radius 1 is 1.04 bits per heavy atom. The SMILES string of the molecule is N#Cc1c(N)[nH]c(=O)c(C#N)c1-c1ccc2ccccc2c1F.